The van der Waals surface area contributed by atoms with Crippen LogP contribution < -0.4 is 4.72 Å². The summed E-state index contributed by atoms with van der Waals surface area (Å²) in [6.45, 7) is 8.08. The highest BCUT2D eigenvalue weighted by Crippen LogP contribution is 2.48. The fourth-order valence-corrected chi connectivity index (χ4v) is 18.5. The molecule has 0 saturated carbocycles. The summed E-state index contributed by atoms with van der Waals surface area (Å²) in [5.74, 6) is -4.00. The predicted octanol–water partition coefficient (Wildman–Crippen LogP) is 11.0. The minimum atomic E-state index is -4.93. The van der Waals surface area contributed by atoms with Crippen molar-refractivity contribution in [2.75, 3.05) is 64.6 Å². The number of halogens is 9. The number of likely N-dealkylation sites (N-methyl/N-ethyl adjacent to an activating group) is 1. The first-order valence-electron chi connectivity index (χ1n) is 31.6. The normalized spacial score (nSPS) is 21.6. The summed E-state index contributed by atoms with van der Waals surface area (Å²) < 4.78 is 149. The van der Waals surface area contributed by atoms with Gasteiger partial charge in [-0.3, -0.25) is 19.8 Å². The maximum absolute atomic E-state index is 13.8. The predicted molar refractivity (Wildman–Crippen MR) is 371 cm³/mol. The molecule has 102 heavy (non-hydrogen) atoms. The van der Waals surface area contributed by atoms with Gasteiger partial charge in [0.15, 0.2) is 38.3 Å². The summed E-state index contributed by atoms with van der Waals surface area (Å²) >= 11 is 23.1. The highest BCUT2D eigenvalue weighted by atomic mass is 35.5. The number of nitrogens with one attached hydrogen (secondary N) is 1. The Morgan fingerprint density at radius 1 is 0.618 bits per heavy atom. The first-order chi connectivity index (χ1) is 48.5. The van der Waals surface area contributed by atoms with Crippen LogP contribution in [0.25, 0.3) is 0 Å². The maximum atomic E-state index is 13.8. The lowest BCUT2D eigenvalue weighted by Gasteiger charge is -2.31. The van der Waals surface area contributed by atoms with E-state index in [1.807, 2.05) is 20.6 Å². The molecular formula is C65H63Cl3F6N12O11S5. The molecule has 3 aromatic carbocycles. The van der Waals surface area contributed by atoms with E-state index < -0.39 is 91.5 Å². The third kappa shape index (κ3) is 16.3. The fraction of sp³-hybridized carbons (Fsp3) is 0.385. The zero-order chi connectivity index (χ0) is 73.3. The summed E-state index contributed by atoms with van der Waals surface area (Å²) in [5.41, 5.74) is 3.58. The van der Waals surface area contributed by atoms with Crippen LogP contribution in [0.3, 0.4) is 0 Å². The van der Waals surface area contributed by atoms with E-state index in [2.05, 4.69) is 24.7 Å². The number of aromatic nitrogens is 3. The Bertz CT molecular complexity index is 4660. The van der Waals surface area contributed by atoms with E-state index in [0.717, 1.165) is 12.1 Å². The number of fused-ring (bicyclic) bond motifs is 3. The number of amides is 1. The van der Waals surface area contributed by atoms with Crippen LogP contribution in [-0.4, -0.2) is 186 Å². The van der Waals surface area contributed by atoms with E-state index in [1.165, 1.54) is 93.9 Å². The number of rotatable bonds is 17. The second kappa shape index (κ2) is 31.3. The molecule has 7 aliphatic heterocycles. The van der Waals surface area contributed by atoms with Gasteiger partial charge in [0.05, 0.1) is 48.3 Å². The van der Waals surface area contributed by atoms with Crippen LogP contribution in [0.2, 0.25) is 15.1 Å². The molecule has 1 N–H and O–H groups in total. The first-order valence-corrected chi connectivity index (χ1v) is 38.6. The van der Waals surface area contributed by atoms with Crippen molar-refractivity contribution in [3.05, 3.63) is 187 Å². The molecule has 0 spiro atoms. The number of carbonyl (C=O) groups excluding carboxylic acids is 4. The monoisotopic (exact) mass is 1570 g/mol. The van der Waals surface area contributed by atoms with Crippen molar-refractivity contribution in [1.82, 2.24) is 43.6 Å². The molecule has 0 bridgehead atoms. The smallest absolute Gasteiger partial charge is 0.404 e. The molecular weight excluding hydrogens is 1510 g/mol. The van der Waals surface area contributed by atoms with Gasteiger partial charge in [-0.15, -0.1) is 34.0 Å². The van der Waals surface area contributed by atoms with Crippen molar-refractivity contribution in [2.45, 2.75) is 95.8 Å². The molecule has 542 valence electrons. The van der Waals surface area contributed by atoms with Gasteiger partial charge in [0.2, 0.25) is 26.0 Å². The molecule has 37 heteroatoms. The van der Waals surface area contributed by atoms with E-state index in [1.54, 1.807) is 55.4 Å². The molecule has 0 radical (unpaired) electrons. The Morgan fingerprint density at radius 3 is 1.36 bits per heavy atom. The Kier molecular flexibility index (Phi) is 23.2. The van der Waals surface area contributed by atoms with Crippen molar-refractivity contribution in [3.63, 3.8) is 0 Å². The van der Waals surface area contributed by atoms with E-state index in [-0.39, 0.29) is 88.6 Å². The van der Waals surface area contributed by atoms with Gasteiger partial charge in [-0.1, -0.05) is 53.0 Å². The highest BCUT2D eigenvalue weighted by molar-refractivity contribution is 7.89. The number of sulfonamides is 2. The zero-order valence-electron chi connectivity index (χ0n) is 54.7. The number of ether oxygens (including phenoxy) is 3. The average Bonchev–Trinajstić information content (AvgIpc) is 1.55. The number of esters is 3. The van der Waals surface area contributed by atoms with Crippen molar-refractivity contribution in [1.29, 1.82) is 0 Å². The summed E-state index contributed by atoms with van der Waals surface area (Å²) in [7, 11) is -6.34. The van der Waals surface area contributed by atoms with E-state index >= 15 is 0 Å². The van der Waals surface area contributed by atoms with Crippen LogP contribution in [0.4, 0.5) is 26.3 Å². The van der Waals surface area contributed by atoms with E-state index in [0.29, 0.717) is 105 Å². The molecule has 7 aliphatic rings. The lowest BCUT2D eigenvalue weighted by atomic mass is 9.94. The van der Waals surface area contributed by atoms with Gasteiger partial charge >= 0.3 is 24.1 Å². The number of alkyl halides is 3. The number of amidine groups is 3. The van der Waals surface area contributed by atoms with Crippen LogP contribution in [0, 0.1) is 17.5 Å². The highest BCUT2D eigenvalue weighted by Gasteiger charge is 2.49. The number of benzene rings is 3. The lowest BCUT2D eigenvalue weighted by Crippen LogP contribution is -2.42. The molecule has 3 aromatic heterocycles. The lowest BCUT2D eigenvalue weighted by molar-refractivity contribution is -0.140. The maximum Gasteiger partial charge on any atom is 0.404 e. The van der Waals surface area contributed by atoms with E-state index in [9.17, 15) is 62.4 Å². The van der Waals surface area contributed by atoms with Gasteiger partial charge in [-0.05, 0) is 63.6 Å². The summed E-state index contributed by atoms with van der Waals surface area (Å²) in [5, 5.41) is 7.40. The first kappa shape index (κ1) is 75.5. The zero-order valence-corrected chi connectivity index (χ0v) is 61.0. The second-order valence-corrected chi connectivity index (χ2v) is 31.4. The van der Waals surface area contributed by atoms with Gasteiger partial charge in [0.25, 0.3) is 0 Å². The summed E-state index contributed by atoms with van der Waals surface area (Å²) in [6.07, 6.45) is 1.16. The molecule has 1 amide bonds. The summed E-state index contributed by atoms with van der Waals surface area (Å²) in [4.78, 5) is 85.9. The topological polar surface area (TPSA) is 268 Å². The number of nitrogens with zero attached hydrogens (tertiary/aromatic N) is 11. The van der Waals surface area contributed by atoms with Gasteiger partial charge < -0.3 is 33.8 Å². The summed E-state index contributed by atoms with van der Waals surface area (Å²) in [6, 6.07) is 7.43. The average molecular weight is 1570 g/mol. The standard InChI is InChI=1S/C22H22ClFN4O4S2.C22H22ClFN4O3S.C21H19ClF4N4O4S2/c1-2-32-22(29)18-17-11-14(28-7-3-9-34(28,30)31)12-27(17)20(21-25-6-8-33-21)26-19(18)15-5-4-13(24)10-16(15)23;1-4-31-22(30)18-17-10-14(27(3)12(2)29)11-28(17)20(21-25-7-8-32-21)26-19(18)15-6-5-13(24)9-16(15)23;1-2-34-20(31)16-15-8-12(29-36(32,33)10-21(24,25)26)9-30(15)18(19-27-5-6-35-19)28-17(16)13-4-3-11(23)7-14(13)22/h4-6,8,10,14,19H,2-3,7,9,11-12H2,1H3;5-9,14,19H,4,10-11H2,1-3H3;3-7,12,17,29H,2,8-10H2,1H3/t2*14-,19-;12-,17-/m000/s1. The molecule has 0 aliphatic carbocycles. The van der Waals surface area contributed by atoms with Gasteiger partial charge in [0.1, 0.15) is 35.6 Å². The fourth-order valence-electron chi connectivity index (χ4n) is 12.9. The van der Waals surface area contributed by atoms with Crippen LogP contribution in [0.1, 0.15) is 103 Å². The van der Waals surface area contributed by atoms with Crippen LogP contribution in [0.15, 0.2) is 138 Å². The molecule has 4 fully saturated rings. The van der Waals surface area contributed by atoms with Crippen LogP contribution in [0.5, 0.6) is 0 Å². The van der Waals surface area contributed by atoms with Crippen LogP contribution >= 0.6 is 68.8 Å². The van der Waals surface area contributed by atoms with Crippen LogP contribution in [-0.2, 0) is 53.4 Å². The molecule has 6 atom stereocenters. The Morgan fingerprint density at radius 2 is 1.01 bits per heavy atom. The van der Waals surface area contributed by atoms with Crippen molar-refractivity contribution in [2.24, 2.45) is 15.0 Å². The number of carbonyl (C=O) groups is 4. The van der Waals surface area contributed by atoms with E-state index in [4.69, 9.17) is 59.0 Å². The third-order valence-electron chi connectivity index (χ3n) is 17.2. The van der Waals surface area contributed by atoms with Crippen molar-refractivity contribution in [3.8, 4) is 0 Å². The second-order valence-electron chi connectivity index (χ2n) is 23.7. The van der Waals surface area contributed by atoms with Gasteiger partial charge in [-0.2, -0.15) is 17.5 Å². The number of hydrogen-bond acceptors (Lipinski definition) is 23. The minimum absolute atomic E-state index is 0.00138. The molecule has 13 rings (SSSR count). The number of aliphatic imine (C=N–C) groups is 3. The SMILES string of the molecule is CCOC(=O)C1=C2C[C@H](N(C)C(C)=O)CN2C(c2nccs2)=N[C@H]1c1ccc(F)cc1Cl.CCOC(=O)C1=C2C[C@H](N3CCCS3(=O)=O)CN2C(c2nccs2)=N[C@H]1c1ccc(F)cc1Cl.CCOC(=O)C1=C2C[C@H](NS(=O)(=O)CC(F)(F)F)CN2C(c2nccs2)=N[C@H]1c1ccc(F)cc1Cl. The molecule has 23 nitrogen and oxygen atoms in total. The van der Waals surface area contributed by atoms with Crippen molar-refractivity contribution < 1.29 is 76.6 Å². The number of thiazole rings is 3. The largest absolute Gasteiger partial charge is 0.463 e. The van der Waals surface area contributed by atoms with Gasteiger partial charge in [0, 0.05) is 155 Å². The minimum Gasteiger partial charge on any atom is -0.463 e. The van der Waals surface area contributed by atoms with Gasteiger partial charge in [-0.25, -0.2) is 64.1 Å². The molecule has 0 unspecified atom stereocenters. The van der Waals surface area contributed by atoms with Crippen molar-refractivity contribution >= 4 is 130 Å². The molecule has 4 saturated heterocycles. The molecule has 10 heterocycles. The quantitative estimate of drug-likeness (QED) is 0.0505. The Balaban J connectivity index is 0.000000154. The Hall–Kier alpha value is -7.67. The Labute approximate surface area is 609 Å². The number of hydrogen-bond donors (Lipinski definition) is 1. The molecule has 6 aromatic rings. The third-order valence-corrected chi connectivity index (χ3v) is 23.8.